The lowest BCUT2D eigenvalue weighted by Crippen LogP contribution is -2.15. The molecule has 9 heteroatoms. The number of nitrogens with zero attached hydrogens (tertiary/aromatic N) is 2. The summed E-state index contributed by atoms with van der Waals surface area (Å²) in [4.78, 5) is 12.1. The van der Waals surface area contributed by atoms with Gasteiger partial charge in [0.25, 0.3) is 5.69 Å². The molecule has 0 spiro atoms. The molecule has 0 atom stereocenters. The van der Waals surface area contributed by atoms with Crippen LogP contribution in [0.1, 0.15) is 5.56 Å². The van der Waals surface area contributed by atoms with E-state index in [0.717, 1.165) is 17.8 Å². The van der Waals surface area contributed by atoms with Gasteiger partial charge in [0.2, 0.25) is 0 Å². The highest BCUT2D eigenvalue weighted by molar-refractivity contribution is 7.99. The van der Waals surface area contributed by atoms with Gasteiger partial charge in [-0.25, -0.2) is 0 Å². The fraction of sp³-hybridized carbons (Fsp3) is 0.455. The lowest BCUT2D eigenvalue weighted by atomic mass is 10.2. The molecule has 0 amide bonds. The quantitative estimate of drug-likeness (QED) is 0.467. The average Bonchev–Trinajstić information content (AvgIpc) is 2.26. The van der Waals surface area contributed by atoms with Gasteiger partial charge >= 0.3 is 6.18 Å². The van der Waals surface area contributed by atoms with Gasteiger partial charge in [0.1, 0.15) is 0 Å². The smallest absolute Gasteiger partial charge is 0.309 e. The summed E-state index contributed by atoms with van der Waals surface area (Å²) in [5.74, 6) is 0.509. The zero-order valence-electron chi connectivity index (χ0n) is 10.7. The number of halogens is 4. The Morgan fingerprint density at radius 1 is 1.40 bits per heavy atom. The van der Waals surface area contributed by atoms with Crippen LogP contribution < -0.4 is 0 Å². The van der Waals surface area contributed by atoms with Crippen LogP contribution in [0, 0.1) is 10.1 Å². The predicted molar refractivity (Wildman–Crippen MR) is 72.4 cm³/mol. The van der Waals surface area contributed by atoms with Crippen molar-refractivity contribution < 1.29 is 18.1 Å². The van der Waals surface area contributed by atoms with Gasteiger partial charge in [-0.15, -0.1) is 11.8 Å². The summed E-state index contributed by atoms with van der Waals surface area (Å²) in [5, 5.41) is 10.3. The largest absolute Gasteiger partial charge is 0.418 e. The Bertz CT molecular complexity index is 509. The van der Waals surface area contributed by atoms with E-state index in [2.05, 4.69) is 0 Å². The Morgan fingerprint density at radius 2 is 2.00 bits per heavy atom. The van der Waals surface area contributed by atoms with E-state index in [0.29, 0.717) is 18.4 Å². The first-order valence-electron chi connectivity index (χ1n) is 5.45. The molecule has 1 aromatic rings. The van der Waals surface area contributed by atoms with E-state index in [9.17, 15) is 23.3 Å². The molecule has 0 aliphatic carbocycles. The van der Waals surface area contributed by atoms with E-state index in [1.54, 1.807) is 0 Å². The van der Waals surface area contributed by atoms with E-state index in [4.69, 9.17) is 11.6 Å². The summed E-state index contributed by atoms with van der Waals surface area (Å²) in [7, 11) is 3.66. The predicted octanol–water partition coefficient (Wildman–Crippen LogP) is 3.92. The Hall–Kier alpha value is -0.990. The first-order valence-corrected chi connectivity index (χ1v) is 6.82. The molecule has 4 nitrogen and oxygen atoms in total. The Balaban J connectivity index is 3.12. The molecule has 1 rings (SSSR count). The van der Waals surface area contributed by atoms with Crippen molar-refractivity contribution in [1.82, 2.24) is 4.90 Å². The lowest BCUT2D eigenvalue weighted by Gasteiger charge is -2.12. The SMILES string of the molecule is CN(C)CCSc1cc(Cl)c(C(F)(F)F)cc1[N+](=O)[O-]. The van der Waals surface area contributed by atoms with Gasteiger partial charge in [0.15, 0.2) is 0 Å². The number of benzene rings is 1. The first kappa shape index (κ1) is 17.1. The zero-order valence-corrected chi connectivity index (χ0v) is 12.3. The van der Waals surface area contributed by atoms with Crippen molar-refractivity contribution >= 4 is 29.1 Å². The molecule has 0 aliphatic heterocycles. The van der Waals surface area contributed by atoms with Crippen molar-refractivity contribution in [1.29, 1.82) is 0 Å². The number of nitro groups is 1. The Kier molecular flexibility index (Phi) is 5.67. The summed E-state index contributed by atoms with van der Waals surface area (Å²) in [6.07, 6.45) is -4.71. The van der Waals surface area contributed by atoms with Crippen LogP contribution in [0.3, 0.4) is 0 Å². The van der Waals surface area contributed by atoms with E-state index < -0.39 is 27.4 Å². The lowest BCUT2D eigenvalue weighted by molar-refractivity contribution is -0.388. The third kappa shape index (κ3) is 4.53. The van der Waals surface area contributed by atoms with Gasteiger partial charge in [0, 0.05) is 18.4 Å². The molecule has 1 aromatic carbocycles. The van der Waals surface area contributed by atoms with E-state index in [1.165, 1.54) is 0 Å². The molecule has 0 saturated carbocycles. The number of nitro benzene ring substituents is 1. The van der Waals surface area contributed by atoms with Crippen molar-refractivity contribution in [3.05, 3.63) is 32.8 Å². The topological polar surface area (TPSA) is 46.4 Å². The molecule has 0 fully saturated rings. The van der Waals surface area contributed by atoms with Gasteiger partial charge < -0.3 is 4.90 Å². The van der Waals surface area contributed by atoms with Gasteiger partial charge in [-0.1, -0.05) is 11.6 Å². The van der Waals surface area contributed by atoms with E-state index in [1.807, 2.05) is 19.0 Å². The minimum atomic E-state index is -4.71. The van der Waals surface area contributed by atoms with Crippen LogP contribution in [-0.2, 0) is 6.18 Å². The molecule has 0 heterocycles. The normalized spacial score (nSPS) is 11.9. The summed E-state index contributed by atoms with van der Waals surface area (Å²) in [6, 6.07) is 1.49. The summed E-state index contributed by atoms with van der Waals surface area (Å²) in [6.45, 7) is 0.639. The second-order valence-corrected chi connectivity index (χ2v) is 5.75. The standard InChI is InChI=1S/C11H12ClF3N2O2S/c1-16(2)3-4-20-10-6-8(12)7(11(13,14)15)5-9(10)17(18)19/h5-6H,3-4H2,1-2H3. The second kappa shape index (κ2) is 6.64. The minimum absolute atomic E-state index is 0.134. The number of thioether (sulfide) groups is 1. The second-order valence-electron chi connectivity index (χ2n) is 4.21. The molecule has 112 valence electrons. The van der Waals surface area contributed by atoms with Gasteiger partial charge in [-0.2, -0.15) is 13.2 Å². The van der Waals surface area contributed by atoms with Crippen LogP contribution >= 0.6 is 23.4 Å². The van der Waals surface area contributed by atoms with Gasteiger partial charge in [-0.3, -0.25) is 10.1 Å². The summed E-state index contributed by atoms with van der Waals surface area (Å²) in [5.41, 5.74) is -1.77. The van der Waals surface area contributed by atoms with Crippen LogP contribution in [0.2, 0.25) is 5.02 Å². The van der Waals surface area contributed by atoms with E-state index >= 15 is 0 Å². The van der Waals surface area contributed by atoms with Crippen LogP contribution in [-0.4, -0.2) is 36.2 Å². The molecule has 20 heavy (non-hydrogen) atoms. The maximum atomic E-state index is 12.7. The van der Waals surface area contributed by atoms with Crippen molar-refractivity contribution in [2.75, 3.05) is 26.4 Å². The molecule has 0 saturated heterocycles. The fourth-order valence-corrected chi connectivity index (χ4v) is 2.85. The average molecular weight is 329 g/mol. The molecule has 0 unspecified atom stereocenters. The Morgan fingerprint density at radius 3 is 2.45 bits per heavy atom. The number of hydrogen-bond acceptors (Lipinski definition) is 4. The summed E-state index contributed by atoms with van der Waals surface area (Å²) >= 11 is 6.67. The molecule has 0 radical (unpaired) electrons. The third-order valence-electron chi connectivity index (χ3n) is 2.35. The molecular formula is C11H12ClF3N2O2S. The number of alkyl halides is 3. The first-order chi connectivity index (χ1) is 9.12. The maximum Gasteiger partial charge on any atom is 0.418 e. The summed E-state index contributed by atoms with van der Waals surface area (Å²) < 4.78 is 38.0. The minimum Gasteiger partial charge on any atom is -0.309 e. The zero-order chi connectivity index (χ0) is 15.5. The van der Waals surface area contributed by atoms with Crippen molar-refractivity contribution in [3.63, 3.8) is 0 Å². The maximum absolute atomic E-state index is 12.7. The van der Waals surface area contributed by atoms with Crippen LogP contribution in [0.25, 0.3) is 0 Å². The number of rotatable bonds is 5. The Labute approximate surface area is 123 Å². The van der Waals surface area contributed by atoms with Gasteiger partial charge in [-0.05, 0) is 20.2 Å². The van der Waals surface area contributed by atoms with Crippen molar-refractivity contribution in [3.8, 4) is 0 Å². The highest BCUT2D eigenvalue weighted by atomic mass is 35.5. The third-order valence-corrected chi connectivity index (χ3v) is 3.68. The molecule has 0 N–H and O–H groups in total. The monoisotopic (exact) mass is 328 g/mol. The molecule has 0 aromatic heterocycles. The number of hydrogen-bond donors (Lipinski definition) is 0. The van der Waals surface area contributed by atoms with Gasteiger partial charge in [0.05, 0.1) is 20.4 Å². The highest BCUT2D eigenvalue weighted by Gasteiger charge is 2.36. The molecular weight excluding hydrogens is 317 g/mol. The van der Waals surface area contributed by atoms with Crippen molar-refractivity contribution in [2.24, 2.45) is 0 Å². The van der Waals surface area contributed by atoms with E-state index in [-0.39, 0.29) is 4.90 Å². The van der Waals surface area contributed by atoms with Crippen molar-refractivity contribution in [2.45, 2.75) is 11.1 Å². The van der Waals surface area contributed by atoms with Crippen LogP contribution in [0.15, 0.2) is 17.0 Å². The van der Waals surface area contributed by atoms with Crippen LogP contribution in [0.5, 0.6) is 0 Å². The molecule has 0 bridgehead atoms. The molecule has 0 aliphatic rings. The van der Waals surface area contributed by atoms with Crippen LogP contribution in [0.4, 0.5) is 18.9 Å². The highest BCUT2D eigenvalue weighted by Crippen LogP contribution is 2.41. The fourth-order valence-electron chi connectivity index (χ4n) is 1.36.